The number of aromatic amines is 1. The summed E-state index contributed by atoms with van der Waals surface area (Å²) in [5, 5.41) is 10.0. The van der Waals surface area contributed by atoms with Crippen LogP contribution >= 0.6 is 11.3 Å². The number of carbonyl (C=O) groups excluding carboxylic acids is 1. The molecule has 0 aromatic carbocycles. The quantitative estimate of drug-likeness (QED) is 0.740. The average molecular weight is 378 g/mol. The van der Waals surface area contributed by atoms with Gasteiger partial charge in [-0.2, -0.15) is 5.26 Å². The van der Waals surface area contributed by atoms with Gasteiger partial charge in [-0.05, 0) is 31.0 Å². The Balaban J connectivity index is 1.43. The number of nitriles is 1. The minimum absolute atomic E-state index is 0.0316. The second-order valence-corrected chi connectivity index (χ2v) is 8.44. The first-order valence-electron chi connectivity index (χ1n) is 9.00. The van der Waals surface area contributed by atoms with Crippen LogP contribution in [0.5, 0.6) is 0 Å². The molecule has 2 fully saturated rings. The number of carbonyl (C=O) groups is 1. The fourth-order valence-electron chi connectivity index (χ4n) is 3.89. The molecule has 3 aromatic heterocycles. The first kappa shape index (κ1) is 16.3. The Kier molecular flexibility index (Phi) is 3.65. The summed E-state index contributed by atoms with van der Waals surface area (Å²) >= 11 is 1.27. The summed E-state index contributed by atoms with van der Waals surface area (Å²) in [6, 6.07) is 7.60. The molecule has 3 aromatic rings. The maximum Gasteiger partial charge on any atom is 0.264 e. The number of thiophene rings is 1. The molecule has 0 radical (unpaired) electrons. The third-order valence-corrected chi connectivity index (χ3v) is 6.47. The van der Waals surface area contributed by atoms with E-state index in [4.69, 9.17) is 5.26 Å². The molecule has 136 valence electrons. The number of amides is 1. The highest BCUT2D eigenvalue weighted by molar-refractivity contribution is 7.14. The molecule has 1 aliphatic heterocycles. The van der Waals surface area contributed by atoms with Crippen LogP contribution in [0.2, 0.25) is 0 Å². The zero-order chi connectivity index (χ0) is 18.4. The highest BCUT2D eigenvalue weighted by atomic mass is 32.1. The molecule has 1 aliphatic carbocycles. The molecule has 1 spiro atoms. The second kappa shape index (κ2) is 6.06. The van der Waals surface area contributed by atoms with E-state index in [2.05, 4.69) is 25.9 Å². The number of hydrogen-bond acceptors (Lipinski definition) is 6. The number of nitrogens with one attached hydrogen (secondary N) is 1. The zero-order valence-electron chi connectivity index (χ0n) is 14.7. The van der Waals surface area contributed by atoms with Crippen molar-refractivity contribution in [2.45, 2.75) is 12.8 Å². The third kappa shape index (κ3) is 2.84. The van der Waals surface area contributed by atoms with Gasteiger partial charge >= 0.3 is 0 Å². The molecule has 7 nitrogen and oxygen atoms in total. The minimum Gasteiger partial charge on any atom is -0.354 e. The van der Waals surface area contributed by atoms with Crippen molar-refractivity contribution in [3.8, 4) is 6.07 Å². The van der Waals surface area contributed by atoms with Crippen molar-refractivity contribution in [1.82, 2.24) is 19.9 Å². The number of nitrogens with zero attached hydrogens (tertiary/aromatic N) is 5. The fraction of sp³-hybridized carbons (Fsp3) is 0.368. The molecular formula is C19H18N6OS. The van der Waals surface area contributed by atoms with Crippen LogP contribution in [0.25, 0.3) is 11.0 Å². The van der Waals surface area contributed by atoms with Crippen LogP contribution in [0.3, 0.4) is 0 Å². The van der Waals surface area contributed by atoms with E-state index in [9.17, 15) is 4.79 Å². The molecule has 4 heterocycles. The van der Waals surface area contributed by atoms with E-state index >= 15 is 0 Å². The Hall–Kier alpha value is -2.92. The summed E-state index contributed by atoms with van der Waals surface area (Å²) < 4.78 is 0. The molecular weight excluding hydrogens is 360 g/mol. The normalized spacial score (nSPS) is 18.5. The number of rotatable bonds is 2. The Labute approximate surface area is 160 Å². The summed E-state index contributed by atoms with van der Waals surface area (Å²) in [6.07, 6.45) is 5.73. The molecule has 5 rings (SSSR count). The van der Waals surface area contributed by atoms with Crippen molar-refractivity contribution in [1.29, 1.82) is 5.26 Å². The van der Waals surface area contributed by atoms with Gasteiger partial charge in [0.05, 0.1) is 10.3 Å². The van der Waals surface area contributed by atoms with Gasteiger partial charge in [0, 0.05) is 37.8 Å². The van der Waals surface area contributed by atoms with E-state index in [0.29, 0.717) is 16.3 Å². The van der Waals surface area contributed by atoms with Gasteiger partial charge in [-0.25, -0.2) is 9.97 Å². The maximum atomic E-state index is 13.0. The molecule has 1 saturated carbocycles. The number of aromatic nitrogens is 3. The third-order valence-electron chi connectivity index (χ3n) is 5.50. The first-order valence-corrected chi connectivity index (χ1v) is 9.81. The van der Waals surface area contributed by atoms with Crippen LogP contribution in [-0.4, -0.2) is 51.9 Å². The topological polar surface area (TPSA) is 88.9 Å². The van der Waals surface area contributed by atoms with Gasteiger partial charge in [0.25, 0.3) is 5.91 Å². The predicted octanol–water partition coefficient (Wildman–Crippen LogP) is 2.63. The zero-order valence-corrected chi connectivity index (χ0v) is 15.5. The van der Waals surface area contributed by atoms with Gasteiger partial charge in [-0.1, -0.05) is 0 Å². The second-order valence-electron chi connectivity index (χ2n) is 7.36. The first-order chi connectivity index (χ1) is 13.2. The summed E-state index contributed by atoms with van der Waals surface area (Å²) in [4.78, 5) is 30.4. The van der Waals surface area contributed by atoms with Crippen molar-refractivity contribution < 1.29 is 4.79 Å². The molecule has 0 bridgehead atoms. The van der Waals surface area contributed by atoms with Crippen LogP contribution in [0, 0.1) is 16.7 Å². The van der Waals surface area contributed by atoms with Crippen LogP contribution in [0.1, 0.15) is 27.4 Å². The minimum atomic E-state index is 0.0316. The van der Waals surface area contributed by atoms with E-state index < -0.39 is 0 Å². The smallest absolute Gasteiger partial charge is 0.264 e. The largest absolute Gasteiger partial charge is 0.354 e. The summed E-state index contributed by atoms with van der Waals surface area (Å²) in [6.45, 7) is 3.06. The van der Waals surface area contributed by atoms with E-state index in [1.807, 2.05) is 17.2 Å². The van der Waals surface area contributed by atoms with Gasteiger partial charge < -0.3 is 14.8 Å². The molecule has 1 amide bonds. The molecule has 8 heteroatoms. The molecule has 1 saturated heterocycles. The van der Waals surface area contributed by atoms with Crippen molar-refractivity contribution in [3.05, 3.63) is 40.5 Å². The number of hydrogen-bond donors (Lipinski definition) is 1. The van der Waals surface area contributed by atoms with Crippen LogP contribution in [0.4, 0.5) is 5.82 Å². The van der Waals surface area contributed by atoms with Gasteiger partial charge in [0.15, 0.2) is 0 Å². The highest BCUT2D eigenvalue weighted by Gasteiger charge is 2.48. The van der Waals surface area contributed by atoms with Crippen LogP contribution < -0.4 is 4.90 Å². The van der Waals surface area contributed by atoms with Gasteiger partial charge in [0.2, 0.25) is 0 Å². The maximum absolute atomic E-state index is 13.0. The Morgan fingerprint density at radius 1 is 1.22 bits per heavy atom. The number of H-pyrrole nitrogens is 1. The van der Waals surface area contributed by atoms with Gasteiger partial charge in [0.1, 0.15) is 28.7 Å². The van der Waals surface area contributed by atoms with Gasteiger partial charge in [-0.15, -0.1) is 11.3 Å². The molecule has 0 unspecified atom stereocenters. The van der Waals surface area contributed by atoms with Crippen LogP contribution in [-0.2, 0) is 0 Å². The van der Waals surface area contributed by atoms with Crippen molar-refractivity contribution >= 4 is 34.1 Å². The lowest BCUT2D eigenvalue weighted by Crippen LogP contribution is -2.36. The van der Waals surface area contributed by atoms with Crippen molar-refractivity contribution in [3.63, 3.8) is 0 Å². The van der Waals surface area contributed by atoms with E-state index in [-0.39, 0.29) is 11.3 Å². The number of anilines is 1. The monoisotopic (exact) mass is 378 g/mol. The molecule has 0 atom stereocenters. The van der Waals surface area contributed by atoms with Crippen molar-refractivity contribution in [2.24, 2.45) is 5.41 Å². The lowest BCUT2D eigenvalue weighted by Gasteiger charge is -2.25. The van der Waals surface area contributed by atoms with E-state index in [0.717, 1.165) is 49.3 Å². The molecule has 2 aliphatic rings. The summed E-state index contributed by atoms with van der Waals surface area (Å²) in [7, 11) is 0. The lowest BCUT2D eigenvalue weighted by molar-refractivity contribution is 0.0745. The predicted molar refractivity (Wildman–Crippen MR) is 103 cm³/mol. The highest BCUT2D eigenvalue weighted by Crippen LogP contribution is 2.48. The van der Waals surface area contributed by atoms with Crippen LogP contribution in [0.15, 0.2) is 30.7 Å². The summed E-state index contributed by atoms with van der Waals surface area (Å²) in [5.74, 6) is 0.966. The Morgan fingerprint density at radius 3 is 2.89 bits per heavy atom. The lowest BCUT2D eigenvalue weighted by atomic mass is 10.1. The molecule has 1 N–H and O–H groups in total. The standard InChI is InChI=1S/C19H18N6OS/c20-9-13-1-2-15(27-13)18(26)25-8-7-24(10-19(11-25)4-5-19)17-14-3-6-21-16(14)22-12-23-17/h1-3,6,12H,4-5,7-8,10-11H2,(H,21,22,23). The SMILES string of the molecule is N#Cc1ccc(C(=O)N2CCN(c3ncnc4[nH]ccc34)CC3(CC3)C2)s1. The molecule has 27 heavy (non-hydrogen) atoms. The number of fused-ring (bicyclic) bond motifs is 1. The average Bonchev–Trinajstić information content (AvgIpc) is 3.09. The fourth-order valence-corrected chi connectivity index (χ4v) is 4.66. The van der Waals surface area contributed by atoms with Crippen molar-refractivity contribution in [2.75, 3.05) is 31.1 Å². The Bertz CT molecular complexity index is 1060. The van der Waals surface area contributed by atoms with E-state index in [1.165, 1.54) is 11.3 Å². The Morgan fingerprint density at radius 2 is 2.11 bits per heavy atom. The summed E-state index contributed by atoms with van der Waals surface area (Å²) in [5.41, 5.74) is 0.986. The van der Waals surface area contributed by atoms with E-state index in [1.54, 1.807) is 18.5 Å². The van der Waals surface area contributed by atoms with Gasteiger partial charge in [-0.3, -0.25) is 4.79 Å².